The molecule has 0 bridgehead atoms. The summed E-state index contributed by atoms with van der Waals surface area (Å²) in [5.74, 6) is -1.35. The van der Waals surface area contributed by atoms with Gasteiger partial charge in [-0.3, -0.25) is 0 Å². The molecular formula is C10H9BrF2N2S. The van der Waals surface area contributed by atoms with Gasteiger partial charge in [0.05, 0.1) is 0 Å². The summed E-state index contributed by atoms with van der Waals surface area (Å²) in [6.07, 6.45) is 2.10. The van der Waals surface area contributed by atoms with Crippen molar-refractivity contribution in [1.29, 1.82) is 0 Å². The summed E-state index contributed by atoms with van der Waals surface area (Å²) in [7, 11) is 0. The summed E-state index contributed by atoms with van der Waals surface area (Å²) in [4.78, 5) is 0. The zero-order valence-electron chi connectivity index (χ0n) is 8.19. The topological polar surface area (TPSA) is 24.1 Å². The Morgan fingerprint density at radius 3 is 2.38 bits per heavy atom. The number of rotatable bonds is 2. The van der Waals surface area contributed by atoms with Crippen LogP contribution < -0.4 is 10.6 Å². The number of nitrogens with one attached hydrogen (secondary N) is 2. The van der Waals surface area contributed by atoms with E-state index in [0.29, 0.717) is 10.5 Å². The Bertz CT molecular complexity index is 412. The van der Waals surface area contributed by atoms with E-state index >= 15 is 0 Å². The average Bonchev–Trinajstić information content (AvgIpc) is 2.95. The molecule has 1 saturated carbocycles. The lowest BCUT2D eigenvalue weighted by atomic mass is 10.3. The highest BCUT2D eigenvalue weighted by Gasteiger charge is 2.22. The Morgan fingerprint density at radius 2 is 1.88 bits per heavy atom. The minimum absolute atomic E-state index is 0.221. The van der Waals surface area contributed by atoms with E-state index < -0.39 is 11.6 Å². The zero-order valence-corrected chi connectivity index (χ0v) is 10.6. The molecule has 0 aromatic heterocycles. The van der Waals surface area contributed by atoms with Crippen LogP contribution in [0.4, 0.5) is 14.5 Å². The van der Waals surface area contributed by atoms with Gasteiger partial charge < -0.3 is 10.6 Å². The number of hydrogen-bond acceptors (Lipinski definition) is 1. The second kappa shape index (κ2) is 4.63. The van der Waals surface area contributed by atoms with Gasteiger partial charge in [-0.05, 0) is 37.2 Å². The van der Waals surface area contributed by atoms with E-state index in [2.05, 4.69) is 26.6 Å². The van der Waals surface area contributed by atoms with Crippen molar-refractivity contribution in [3.63, 3.8) is 0 Å². The van der Waals surface area contributed by atoms with Crippen molar-refractivity contribution in [1.82, 2.24) is 5.32 Å². The molecule has 1 aromatic carbocycles. The molecule has 2 rings (SSSR count). The first kappa shape index (κ1) is 11.7. The zero-order chi connectivity index (χ0) is 11.7. The van der Waals surface area contributed by atoms with Crippen LogP contribution in [-0.4, -0.2) is 11.2 Å². The fourth-order valence-corrected chi connectivity index (χ4v) is 1.89. The fourth-order valence-electron chi connectivity index (χ4n) is 1.22. The van der Waals surface area contributed by atoms with Crippen LogP contribution in [0.5, 0.6) is 0 Å². The van der Waals surface area contributed by atoms with Crippen LogP contribution in [0.3, 0.4) is 0 Å². The normalized spacial score (nSPS) is 14.7. The van der Waals surface area contributed by atoms with Gasteiger partial charge in [0.2, 0.25) is 0 Å². The molecule has 2 N–H and O–H groups in total. The quantitative estimate of drug-likeness (QED) is 0.821. The SMILES string of the molecule is Fc1cc(Br)cc(F)c1NC(=S)NC1CC1. The highest BCUT2D eigenvalue weighted by Crippen LogP contribution is 2.24. The minimum atomic E-state index is -0.674. The summed E-state index contributed by atoms with van der Waals surface area (Å²) >= 11 is 7.94. The maximum atomic E-state index is 13.4. The maximum Gasteiger partial charge on any atom is 0.171 e. The van der Waals surface area contributed by atoms with Crippen molar-refractivity contribution < 1.29 is 8.78 Å². The molecule has 1 aliphatic carbocycles. The number of thiocarbonyl (C=S) groups is 1. The van der Waals surface area contributed by atoms with Crippen LogP contribution in [0.1, 0.15) is 12.8 Å². The van der Waals surface area contributed by atoms with E-state index in [9.17, 15) is 8.78 Å². The molecule has 0 heterocycles. The summed E-state index contributed by atoms with van der Waals surface area (Å²) in [6, 6.07) is 2.72. The first-order chi connectivity index (χ1) is 7.56. The van der Waals surface area contributed by atoms with Gasteiger partial charge in [-0.25, -0.2) is 8.78 Å². The lowest BCUT2D eigenvalue weighted by Gasteiger charge is -2.11. The largest absolute Gasteiger partial charge is 0.360 e. The van der Waals surface area contributed by atoms with Gasteiger partial charge in [-0.1, -0.05) is 15.9 Å². The predicted molar refractivity (Wildman–Crippen MR) is 66.4 cm³/mol. The molecule has 0 saturated heterocycles. The molecule has 6 heteroatoms. The molecule has 0 radical (unpaired) electrons. The van der Waals surface area contributed by atoms with Crippen molar-refractivity contribution in [3.8, 4) is 0 Å². The van der Waals surface area contributed by atoms with Crippen LogP contribution >= 0.6 is 28.1 Å². The average molecular weight is 307 g/mol. The molecule has 0 unspecified atom stereocenters. The smallest absolute Gasteiger partial charge is 0.171 e. The third-order valence-electron chi connectivity index (χ3n) is 2.16. The van der Waals surface area contributed by atoms with Crippen LogP contribution in [0.2, 0.25) is 0 Å². The van der Waals surface area contributed by atoms with Gasteiger partial charge in [0, 0.05) is 10.5 Å². The third kappa shape index (κ3) is 2.89. The lowest BCUT2D eigenvalue weighted by molar-refractivity contribution is 0.589. The highest BCUT2D eigenvalue weighted by molar-refractivity contribution is 9.10. The highest BCUT2D eigenvalue weighted by atomic mass is 79.9. The standard InChI is InChI=1S/C10H9BrF2N2S/c11-5-3-7(12)9(8(13)4-5)15-10(16)14-6-1-2-6/h3-4,6H,1-2H2,(H2,14,15,16). The van der Waals surface area contributed by atoms with Crippen LogP contribution in [-0.2, 0) is 0 Å². The summed E-state index contributed by atoms with van der Waals surface area (Å²) in [5.41, 5.74) is -0.221. The Morgan fingerprint density at radius 1 is 1.31 bits per heavy atom. The summed E-state index contributed by atoms with van der Waals surface area (Å²) in [6.45, 7) is 0. The number of anilines is 1. The van der Waals surface area contributed by atoms with Gasteiger partial charge in [-0.2, -0.15) is 0 Å². The minimum Gasteiger partial charge on any atom is -0.360 e. The van der Waals surface area contributed by atoms with Crippen molar-refractivity contribution in [2.24, 2.45) is 0 Å². The van der Waals surface area contributed by atoms with Gasteiger partial charge in [0.1, 0.15) is 5.69 Å². The van der Waals surface area contributed by atoms with E-state index in [-0.39, 0.29) is 10.8 Å². The first-order valence-corrected chi connectivity index (χ1v) is 5.98. The van der Waals surface area contributed by atoms with Crippen molar-refractivity contribution in [3.05, 3.63) is 28.2 Å². The van der Waals surface area contributed by atoms with Crippen molar-refractivity contribution in [2.75, 3.05) is 5.32 Å². The molecule has 0 amide bonds. The maximum absolute atomic E-state index is 13.4. The Balaban J connectivity index is 2.10. The van der Waals surface area contributed by atoms with E-state index in [1.807, 2.05) is 0 Å². The fraction of sp³-hybridized carbons (Fsp3) is 0.300. The molecule has 86 valence electrons. The second-order valence-corrected chi connectivity index (χ2v) is 4.94. The molecule has 0 atom stereocenters. The predicted octanol–water partition coefficient (Wildman–Crippen LogP) is 3.18. The Kier molecular flexibility index (Phi) is 3.39. The second-order valence-electron chi connectivity index (χ2n) is 3.62. The molecular weight excluding hydrogens is 298 g/mol. The van der Waals surface area contributed by atoms with E-state index in [1.165, 1.54) is 12.1 Å². The van der Waals surface area contributed by atoms with Gasteiger partial charge in [0.15, 0.2) is 16.7 Å². The number of hydrogen-bond donors (Lipinski definition) is 2. The third-order valence-corrected chi connectivity index (χ3v) is 2.84. The van der Waals surface area contributed by atoms with E-state index in [0.717, 1.165) is 12.8 Å². The number of halogens is 3. The Hall–Kier alpha value is -0.750. The van der Waals surface area contributed by atoms with Crippen LogP contribution in [0, 0.1) is 11.6 Å². The van der Waals surface area contributed by atoms with E-state index in [4.69, 9.17) is 12.2 Å². The van der Waals surface area contributed by atoms with Gasteiger partial charge in [0.25, 0.3) is 0 Å². The lowest BCUT2D eigenvalue weighted by Crippen LogP contribution is -2.30. The van der Waals surface area contributed by atoms with Crippen molar-refractivity contribution in [2.45, 2.75) is 18.9 Å². The van der Waals surface area contributed by atoms with Crippen LogP contribution in [0.15, 0.2) is 16.6 Å². The number of benzene rings is 1. The van der Waals surface area contributed by atoms with Crippen molar-refractivity contribution >= 4 is 38.9 Å². The van der Waals surface area contributed by atoms with Crippen LogP contribution in [0.25, 0.3) is 0 Å². The summed E-state index contributed by atoms with van der Waals surface area (Å²) < 4.78 is 27.2. The van der Waals surface area contributed by atoms with Gasteiger partial charge in [-0.15, -0.1) is 0 Å². The summed E-state index contributed by atoms with van der Waals surface area (Å²) in [5, 5.41) is 5.73. The van der Waals surface area contributed by atoms with E-state index in [1.54, 1.807) is 0 Å². The molecule has 2 nitrogen and oxygen atoms in total. The van der Waals surface area contributed by atoms with Gasteiger partial charge >= 0.3 is 0 Å². The molecule has 16 heavy (non-hydrogen) atoms. The molecule has 1 fully saturated rings. The monoisotopic (exact) mass is 306 g/mol. The Labute approximate surface area is 106 Å². The first-order valence-electron chi connectivity index (χ1n) is 4.78. The molecule has 1 aliphatic rings. The molecule has 0 aliphatic heterocycles. The molecule has 0 spiro atoms. The molecule has 1 aromatic rings.